The third-order valence-electron chi connectivity index (χ3n) is 0.968. The van der Waals surface area contributed by atoms with E-state index < -0.39 is 0 Å². The van der Waals surface area contributed by atoms with Gasteiger partial charge in [-0.1, -0.05) is 18.2 Å². The van der Waals surface area contributed by atoms with E-state index in [4.69, 9.17) is 0 Å². The zero-order valence-corrected chi connectivity index (χ0v) is 9.02. The van der Waals surface area contributed by atoms with Crippen LogP contribution in [0.4, 0.5) is 0 Å². The predicted molar refractivity (Wildman–Crippen MR) is 56.8 cm³/mol. The number of carbonyl (C=O) groups is 1. The second-order valence-corrected chi connectivity index (χ2v) is 3.09. The minimum Gasteiger partial charge on any atom is -0.468 e. The Balaban J connectivity index is 0.000000217. The Bertz CT molecular complexity index is 199. The van der Waals surface area contributed by atoms with Crippen LogP contribution >= 0.6 is 22.6 Å². The van der Waals surface area contributed by atoms with Gasteiger partial charge in [-0.3, -0.25) is 4.79 Å². The van der Waals surface area contributed by atoms with Gasteiger partial charge in [-0.05, 0) is 41.6 Å². The van der Waals surface area contributed by atoms with Crippen LogP contribution in [0.3, 0.4) is 0 Å². The second-order valence-electron chi connectivity index (χ2n) is 1.85. The van der Waals surface area contributed by atoms with Crippen LogP contribution in [-0.4, -0.2) is 13.1 Å². The van der Waals surface area contributed by atoms with Crippen LogP contribution in [0.15, 0.2) is 30.3 Å². The summed E-state index contributed by atoms with van der Waals surface area (Å²) in [5, 5.41) is 0. The van der Waals surface area contributed by atoms with E-state index in [1.165, 1.54) is 3.57 Å². The first kappa shape index (κ1) is 11.4. The van der Waals surface area contributed by atoms with Crippen molar-refractivity contribution in [2.75, 3.05) is 6.61 Å². The zero-order chi connectivity index (χ0) is 9.23. The SMILES string of the molecule is CCOC=O.Ic1ccccc1. The number of hydrogen-bond donors (Lipinski definition) is 0. The fraction of sp³-hybridized carbons (Fsp3) is 0.222. The van der Waals surface area contributed by atoms with Crippen LogP contribution in [0.5, 0.6) is 0 Å². The molecule has 0 heterocycles. The Morgan fingerprint density at radius 2 is 2.00 bits per heavy atom. The smallest absolute Gasteiger partial charge is 0.293 e. The Hall–Kier alpha value is -0.580. The van der Waals surface area contributed by atoms with Crippen LogP contribution < -0.4 is 0 Å². The molecular weight excluding hydrogens is 267 g/mol. The molecule has 1 aromatic rings. The van der Waals surface area contributed by atoms with Gasteiger partial charge in [0.15, 0.2) is 0 Å². The molecule has 0 N–H and O–H groups in total. The summed E-state index contributed by atoms with van der Waals surface area (Å²) in [6.45, 7) is 2.66. The van der Waals surface area contributed by atoms with E-state index in [2.05, 4.69) is 39.5 Å². The van der Waals surface area contributed by atoms with Gasteiger partial charge in [-0.15, -0.1) is 0 Å². The summed E-state index contributed by atoms with van der Waals surface area (Å²) in [5.41, 5.74) is 0. The van der Waals surface area contributed by atoms with Crippen molar-refractivity contribution in [1.29, 1.82) is 0 Å². The van der Waals surface area contributed by atoms with Gasteiger partial charge in [-0.25, -0.2) is 0 Å². The summed E-state index contributed by atoms with van der Waals surface area (Å²) in [6, 6.07) is 10.2. The van der Waals surface area contributed by atoms with Crippen LogP contribution in [0.25, 0.3) is 0 Å². The average Bonchev–Trinajstić information content (AvgIpc) is 2.08. The van der Waals surface area contributed by atoms with Crippen molar-refractivity contribution >= 4 is 29.1 Å². The second kappa shape index (κ2) is 8.52. The third-order valence-corrected chi connectivity index (χ3v) is 1.69. The first-order valence-corrected chi connectivity index (χ1v) is 4.65. The first-order chi connectivity index (χ1) is 5.81. The van der Waals surface area contributed by atoms with Crippen molar-refractivity contribution in [3.8, 4) is 0 Å². The standard InChI is InChI=1S/C6H5I.C3H6O2/c7-6-4-2-1-3-5-6;1-2-5-3-4/h1-5H;3H,2H2,1H3. The van der Waals surface area contributed by atoms with Crippen LogP contribution in [0, 0.1) is 3.57 Å². The Labute approximate surface area is 86.1 Å². The van der Waals surface area contributed by atoms with E-state index >= 15 is 0 Å². The normalized spacial score (nSPS) is 7.83. The number of ether oxygens (including phenoxy) is 1. The van der Waals surface area contributed by atoms with Crippen molar-refractivity contribution in [3.63, 3.8) is 0 Å². The topological polar surface area (TPSA) is 26.3 Å². The quantitative estimate of drug-likeness (QED) is 0.613. The van der Waals surface area contributed by atoms with Crippen LogP contribution in [-0.2, 0) is 9.53 Å². The van der Waals surface area contributed by atoms with Crippen molar-refractivity contribution < 1.29 is 9.53 Å². The molecule has 1 aromatic carbocycles. The molecule has 0 saturated heterocycles. The summed E-state index contributed by atoms with van der Waals surface area (Å²) >= 11 is 2.28. The summed E-state index contributed by atoms with van der Waals surface area (Å²) < 4.78 is 5.44. The largest absolute Gasteiger partial charge is 0.468 e. The average molecular weight is 278 g/mol. The molecule has 0 atom stereocenters. The number of hydrogen-bond acceptors (Lipinski definition) is 2. The summed E-state index contributed by atoms with van der Waals surface area (Å²) in [6.07, 6.45) is 0. The highest BCUT2D eigenvalue weighted by molar-refractivity contribution is 14.1. The van der Waals surface area contributed by atoms with E-state index in [1.54, 1.807) is 6.92 Å². The first-order valence-electron chi connectivity index (χ1n) is 3.57. The molecule has 0 radical (unpaired) electrons. The molecule has 3 heteroatoms. The van der Waals surface area contributed by atoms with Gasteiger partial charge < -0.3 is 4.74 Å². The molecule has 0 spiro atoms. The van der Waals surface area contributed by atoms with Gasteiger partial charge in [0.2, 0.25) is 0 Å². The van der Waals surface area contributed by atoms with Gasteiger partial charge in [0, 0.05) is 3.57 Å². The van der Waals surface area contributed by atoms with Gasteiger partial charge in [0.1, 0.15) is 0 Å². The maximum atomic E-state index is 9.18. The lowest BCUT2D eigenvalue weighted by atomic mass is 10.4. The van der Waals surface area contributed by atoms with Gasteiger partial charge >= 0.3 is 0 Å². The molecule has 1 rings (SSSR count). The molecule has 0 aliphatic carbocycles. The predicted octanol–water partition coefficient (Wildman–Crippen LogP) is 2.47. The molecule has 0 fully saturated rings. The highest BCUT2D eigenvalue weighted by Crippen LogP contribution is 1.99. The molecule has 0 unspecified atom stereocenters. The molecule has 0 saturated carbocycles. The van der Waals surface area contributed by atoms with Crippen molar-refractivity contribution in [3.05, 3.63) is 33.9 Å². The van der Waals surface area contributed by atoms with E-state index in [-0.39, 0.29) is 0 Å². The lowest BCUT2D eigenvalue weighted by Crippen LogP contribution is -1.80. The minimum atomic E-state index is 0.431. The molecule has 0 aliphatic rings. The summed E-state index contributed by atoms with van der Waals surface area (Å²) in [4.78, 5) is 9.18. The monoisotopic (exact) mass is 278 g/mol. The van der Waals surface area contributed by atoms with Crippen molar-refractivity contribution in [2.45, 2.75) is 6.92 Å². The number of carbonyl (C=O) groups excluding carboxylic acids is 1. The fourth-order valence-electron chi connectivity index (χ4n) is 0.483. The fourth-order valence-corrected chi connectivity index (χ4v) is 0.898. The number of rotatable bonds is 2. The van der Waals surface area contributed by atoms with Crippen molar-refractivity contribution in [1.82, 2.24) is 0 Å². The maximum Gasteiger partial charge on any atom is 0.293 e. The third kappa shape index (κ3) is 7.53. The van der Waals surface area contributed by atoms with Gasteiger partial charge in [0.05, 0.1) is 6.61 Å². The Morgan fingerprint density at radius 1 is 1.42 bits per heavy atom. The highest BCUT2D eigenvalue weighted by Gasteiger charge is 1.74. The van der Waals surface area contributed by atoms with E-state index in [9.17, 15) is 4.79 Å². The lowest BCUT2D eigenvalue weighted by molar-refractivity contribution is -0.128. The summed E-state index contributed by atoms with van der Waals surface area (Å²) in [5.74, 6) is 0. The molecule has 66 valence electrons. The van der Waals surface area contributed by atoms with Gasteiger partial charge in [-0.2, -0.15) is 0 Å². The minimum absolute atomic E-state index is 0.431. The van der Waals surface area contributed by atoms with Crippen LogP contribution in [0.2, 0.25) is 0 Å². The molecule has 12 heavy (non-hydrogen) atoms. The molecule has 2 nitrogen and oxygen atoms in total. The van der Waals surface area contributed by atoms with Gasteiger partial charge in [0.25, 0.3) is 6.47 Å². The molecule has 0 bridgehead atoms. The van der Waals surface area contributed by atoms with E-state index in [1.807, 2.05) is 18.2 Å². The highest BCUT2D eigenvalue weighted by atomic mass is 127. The molecule has 0 amide bonds. The zero-order valence-electron chi connectivity index (χ0n) is 6.87. The number of benzene rings is 1. The Kier molecular flexibility index (Phi) is 8.10. The lowest BCUT2D eigenvalue weighted by Gasteiger charge is -1.80. The number of halogens is 1. The Morgan fingerprint density at radius 3 is 2.17 bits per heavy atom. The molecular formula is C9H11IO2. The van der Waals surface area contributed by atoms with Crippen molar-refractivity contribution in [2.24, 2.45) is 0 Å². The molecule has 0 aliphatic heterocycles. The maximum absolute atomic E-state index is 9.18. The van der Waals surface area contributed by atoms with Crippen LogP contribution in [0.1, 0.15) is 6.92 Å². The summed E-state index contributed by atoms with van der Waals surface area (Å²) in [7, 11) is 0. The van der Waals surface area contributed by atoms with E-state index in [0.717, 1.165) is 0 Å². The van der Waals surface area contributed by atoms with E-state index in [0.29, 0.717) is 13.1 Å². The molecule has 0 aromatic heterocycles.